The second-order valence-electron chi connectivity index (χ2n) is 5.96. The molecule has 0 radical (unpaired) electrons. The minimum atomic E-state index is -0.286. The van der Waals surface area contributed by atoms with Gasteiger partial charge in [0.25, 0.3) is 5.56 Å². The monoisotopic (exact) mass is 489 g/mol. The number of aromatic nitrogens is 4. The van der Waals surface area contributed by atoms with Crippen LogP contribution in [-0.4, -0.2) is 24.8 Å². The van der Waals surface area contributed by atoms with Gasteiger partial charge in [0, 0.05) is 21.3 Å². The van der Waals surface area contributed by atoms with E-state index in [9.17, 15) is 9.59 Å². The number of rotatable bonds is 4. The number of carbonyl (C=O) groups is 1. The molecule has 4 aromatic rings. The van der Waals surface area contributed by atoms with Crippen LogP contribution in [0.3, 0.4) is 0 Å². The van der Waals surface area contributed by atoms with Gasteiger partial charge in [-0.15, -0.1) is 0 Å². The quantitative estimate of drug-likeness (QED) is 0.477. The summed E-state index contributed by atoms with van der Waals surface area (Å²) in [4.78, 5) is 33.5. The standard InChI is InChI=1S/C18H13Br2N5O2/c19-11-1-3-15-14(5-11)18(27)25(10-22-15)9-17(26)21-6-13-8-24-7-12(20)2-4-16(24)23-13/h1-5,7-8,10H,6,9H2,(H,21,26). The molecule has 27 heavy (non-hydrogen) atoms. The van der Waals surface area contributed by atoms with E-state index in [1.165, 1.54) is 10.9 Å². The van der Waals surface area contributed by atoms with E-state index in [0.717, 1.165) is 20.3 Å². The van der Waals surface area contributed by atoms with Gasteiger partial charge in [-0.1, -0.05) is 15.9 Å². The molecule has 1 amide bonds. The fourth-order valence-electron chi connectivity index (χ4n) is 2.75. The number of halogens is 2. The zero-order valence-corrected chi connectivity index (χ0v) is 17.1. The Morgan fingerprint density at radius 3 is 2.78 bits per heavy atom. The Morgan fingerprint density at radius 2 is 1.93 bits per heavy atom. The lowest BCUT2D eigenvalue weighted by Gasteiger charge is -2.07. The first-order chi connectivity index (χ1) is 13.0. The van der Waals surface area contributed by atoms with Gasteiger partial charge in [0.1, 0.15) is 12.2 Å². The van der Waals surface area contributed by atoms with Crippen LogP contribution in [0.1, 0.15) is 5.69 Å². The molecule has 0 atom stereocenters. The Morgan fingerprint density at radius 1 is 1.11 bits per heavy atom. The first-order valence-corrected chi connectivity index (χ1v) is 9.63. The summed E-state index contributed by atoms with van der Waals surface area (Å²) in [6, 6.07) is 9.07. The lowest BCUT2D eigenvalue weighted by Crippen LogP contribution is -2.32. The van der Waals surface area contributed by atoms with Crippen LogP contribution in [-0.2, 0) is 17.9 Å². The molecule has 7 nitrogen and oxygen atoms in total. The number of pyridine rings is 1. The van der Waals surface area contributed by atoms with Gasteiger partial charge < -0.3 is 9.72 Å². The molecule has 0 saturated carbocycles. The molecule has 9 heteroatoms. The zero-order valence-electron chi connectivity index (χ0n) is 13.9. The number of nitrogens with one attached hydrogen (secondary N) is 1. The number of amides is 1. The van der Waals surface area contributed by atoms with E-state index in [0.29, 0.717) is 10.9 Å². The van der Waals surface area contributed by atoms with Crippen molar-refractivity contribution in [1.29, 1.82) is 0 Å². The van der Waals surface area contributed by atoms with Gasteiger partial charge in [-0.25, -0.2) is 9.97 Å². The minimum Gasteiger partial charge on any atom is -0.349 e. The van der Waals surface area contributed by atoms with Gasteiger partial charge in [0.2, 0.25) is 5.91 Å². The van der Waals surface area contributed by atoms with E-state index < -0.39 is 0 Å². The van der Waals surface area contributed by atoms with E-state index in [2.05, 4.69) is 47.1 Å². The molecule has 0 fully saturated rings. The SMILES string of the molecule is O=C(Cn1cnc2ccc(Br)cc2c1=O)NCc1cn2cc(Br)ccc2n1. The number of hydrogen-bond acceptors (Lipinski definition) is 4. The Hall–Kier alpha value is -2.52. The Bertz CT molecular complexity index is 1230. The maximum Gasteiger partial charge on any atom is 0.261 e. The molecule has 1 N–H and O–H groups in total. The van der Waals surface area contributed by atoms with E-state index >= 15 is 0 Å². The summed E-state index contributed by atoms with van der Waals surface area (Å²) in [6.07, 6.45) is 5.13. The van der Waals surface area contributed by atoms with Gasteiger partial charge in [-0.3, -0.25) is 14.2 Å². The summed E-state index contributed by atoms with van der Waals surface area (Å²) in [5, 5.41) is 3.25. The van der Waals surface area contributed by atoms with E-state index in [-0.39, 0.29) is 24.6 Å². The fraction of sp³-hybridized carbons (Fsp3) is 0.111. The van der Waals surface area contributed by atoms with Crippen molar-refractivity contribution in [3.8, 4) is 0 Å². The number of imidazole rings is 1. The van der Waals surface area contributed by atoms with Crippen molar-refractivity contribution in [2.75, 3.05) is 0 Å². The summed E-state index contributed by atoms with van der Waals surface area (Å²) in [7, 11) is 0. The molecule has 0 bridgehead atoms. The van der Waals surface area contributed by atoms with Gasteiger partial charge in [-0.2, -0.15) is 0 Å². The van der Waals surface area contributed by atoms with Gasteiger partial charge >= 0.3 is 0 Å². The number of fused-ring (bicyclic) bond motifs is 2. The number of nitrogens with zero attached hydrogens (tertiary/aromatic N) is 4. The Labute approximate surface area is 170 Å². The van der Waals surface area contributed by atoms with Crippen LogP contribution in [0.2, 0.25) is 0 Å². The first kappa shape index (κ1) is 17.9. The van der Waals surface area contributed by atoms with Gasteiger partial charge in [-0.05, 0) is 46.3 Å². The van der Waals surface area contributed by atoms with Crippen LogP contribution in [0.15, 0.2) is 62.8 Å². The maximum absolute atomic E-state index is 12.5. The third-order valence-corrected chi connectivity index (χ3v) is 4.99. The average Bonchev–Trinajstić information content (AvgIpc) is 3.05. The zero-order chi connectivity index (χ0) is 19.0. The Kier molecular flexibility index (Phi) is 4.79. The van der Waals surface area contributed by atoms with Crippen molar-refractivity contribution in [2.45, 2.75) is 13.1 Å². The second kappa shape index (κ2) is 7.24. The summed E-state index contributed by atoms with van der Waals surface area (Å²) >= 11 is 6.75. The van der Waals surface area contributed by atoms with Crippen LogP contribution in [0.25, 0.3) is 16.6 Å². The van der Waals surface area contributed by atoms with Crippen LogP contribution >= 0.6 is 31.9 Å². The van der Waals surface area contributed by atoms with E-state index in [1.807, 2.05) is 35.0 Å². The number of carbonyl (C=O) groups excluding carboxylic acids is 1. The Balaban J connectivity index is 1.48. The lowest BCUT2D eigenvalue weighted by molar-refractivity contribution is -0.121. The highest BCUT2D eigenvalue weighted by molar-refractivity contribution is 9.10. The van der Waals surface area contributed by atoms with Crippen LogP contribution in [0, 0.1) is 0 Å². The molecule has 0 spiro atoms. The maximum atomic E-state index is 12.5. The number of hydrogen-bond donors (Lipinski definition) is 1. The summed E-state index contributed by atoms with van der Waals surface area (Å²) in [6.45, 7) is 0.173. The molecular formula is C18H13Br2N5O2. The highest BCUT2D eigenvalue weighted by Crippen LogP contribution is 2.15. The van der Waals surface area contributed by atoms with Gasteiger partial charge in [0.05, 0.1) is 29.5 Å². The fourth-order valence-corrected chi connectivity index (χ4v) is 3.46. The molecule has 136 valence electrons. The average molecular weight is 491 g/mol. The predicted molar refractivity (Wildman–Crippen MR) is 108 cm³/mol. The summed E-state index contributed by atoms with van der Waals surface area (Å²) in [5.74, 6) is -0.286. The molecule has 0 unspecified atom stereocenters. The molecular weight excluding hydrogens is 478 g/mol. The predicted octanol–water partition coefficient (Wildman–Crippen LogP) is 2.89. The third-order valence-electron chi connectivity index (χ3n) is 4.03. The molecule has 3 heterocycles. The van der Waals surface area contributed by atoms with Crippen LogP contribution in [0.5, 0.6) is 0 Å². The molecule has 3 aromatic heterocycles. The minimum absolute atomic E-state index is 0.104. The molecule has 0 aliphatic heterocycles. The first-order valence-electron chi connectivity index (χ1n) is 8.04. The third kappa shape index (κ3) is 3.79. The van der Waals surface area contributed by atoms with Gasteiger partial charge in [0.15, 0.2) is 0 Å². The lowest BCUT2D eigenvalue weighted by atomic mass is 10.2. The summed E-state index contributed by atoms with van der Waals surface area (Å²) < 4.78 is 4.90. The largest absolute Gasteiger partial charge is 0.349 e. The van der Waals surface area contributed by atoms with Crippen molar-refractivity contribution < 1.29 is 4.79 Å². The normalized spacial score (nSPS) is 11.2. The summed E-state index contributed by atoms with van der Waals surface area (Å²) in [5.41, 5.74) is 1.86. The smallest absolute Gasteiger partial charge is 0.261 e. The highest BCUT2D eigenvalue weighted by atomic mass is 79.9. The molecule has 4 rings (SSSR count). The van der Waals surface area contributed by atoms with Crippen molar-refractivity contribution >= 4 is 54.3 Å². The van der Waals surface area contributed by atoms with Crippen molar-refractivity contribution in [3.05, 3.63) is 74.0 Å². The molecule has 0 aliphatic carbocycles. The van der Waals surface area contributed by atoms with E-state index in [1.54, 1.807) is 12.1 Å². The van der Waals surface area contributed by atoms with Crippen LogP contribution in [0.4, 0.5) is 0 Å². The molecule has 1 aromatic carbocycles. The van der Waals surface area contributed by atoms with Crippen molar-refractivity contribution in [1.82, 2.24) is 24.3 Å². The van der Waals surface area contributed by atoms with Crippen molar-refractivity contribution in [3.63, 3.8) is 0 Å². The topological polar surface area (TPSA) is 81.3 Å². The molecule has 0 aliphatic rings. The van der Waals surface area contributed by atoms with Crippen molar-refractivity contribution in [2.24, 2.45) is 0 Å². The van der Waals surface area contributed by atoms with E-state index in [4.69, 9.17) is 0 Å². The van der Waals surface area contributed by atoms with Crippen LogP contribution < -0.4 is 10.9 Å². The second-order valence-corrected chi connectivity index (χ2v) is 7.79. The highest BCUT2D eigenvalue weighted by Gasteiger charge is 2.09. The number of benzene rings is 1. The molecule has 0 saturated heterocycles.